The second-order valence-corrected chi connectivity index (χ2v) is 5.96. The minimum atomic E-state index is -0.239. The van der Waals surface area contributed by atoms with Gasteiger partial charge in [0, 0.05) is 6.42 Å². The van der Waals surface area contributed by atoms with E-state index in [4.69, 9.17) is 4.74 Å². The van der Waals surface area contributed by atoms with Crippen molar-refractivity contribution in [2.24, 2.45) is 0 Å². The molecule has 0 saturated carbocycles. The molecule has 0 rings (SSSR count). The summed E-state index contributed by atoms with van der Waals surface area (Å²) >= 11 is 0. The van der Waals surface area contributed by atoms with Crippen LogP contribution in [0.4, 0.5) is 0 Å². The fraction of sp³-hybridized carbons (Fsp3) is 0.889. The molecule has 0 aromatic heterocycles. The minimum Gasteiger partial charge on any atom is -0.466 e. The Balaban J connectivity index is 3.12. The Hall–Kier alpha value is -0.860. The molecular weight excluding hydrogens is 264 g/mol. The molecule has 0 aliphatic heterocycles. The van der Waals surface area contributed by atoms with Crippen LogP contribution in [0, 0.1) is 0 Å². The van der Waals surface area contributed by atoms with Crippen molar-refractivity contribution in [3.05, 3.63) is 0 Å². The molecule has 0 bridgehead atoms. The number of Topliss-reactive ketones (excluding diaryl/α,β-unsaturated/α-hetero) is 1. The number of hydrogen-bond donors (Lipinski definition) is 0. The van der Waals surface area contributed by atoms with Crippen LogP contribution in [0.3, 0.4) is 0 Å². The lowest BCUT2D eigenvalue weighted by molar-refractivity contribution is -0.144. The Kier molecular flexibility index (Phi) is 14.9. The zero-order valence-electron chi connectivity index (χ0n) is 14.1. The van der Waals surface area contributed by atoms with Crippen LogP contribution >= 0.6 is 0 Å². The lowest BCUT2D eigenvalue weighted by Gasteiger charge is -2.04. The van der Waals surface area contributed by atoms with Crippen LogP contribution in [0.5, 0.6) is 0 Å². The fourth-order valence-corrected chi connectivity index (χ4v) is 2.30. The first-order valence-electron chi connectivity index (χ1n) is 8.82. The van der Waals surface area contributed by atoms with E-state index in [0.717, 1.165) is 12.8 Å². The molecule has 0 unspecified atom stereocenters. The number of esters is 1. The molecule has 0 fully saturated rings. The molecular formula is C18H34O3. The van der Waals surface area contributed by atoms with Crippen molar-refractivity contribution in [2.75, 3.05) is 6.61 Å². The summed E-state index contributed by atoms with van der Waals surface area (Å²) in [4.78, 5) is 22.0. The monoisotopic (exact) mass is 298 g/mol. The maximum absolute atomic E-state index is 11.3. The highest BCUT2D eigenvalue weighted by Gasteiger charge is 2.04. The smallest absolute Gasteiger partial charge is 0.306 e. The summed E-state index contributed by atoms with van der Waals surface area (Å²) in [5.74, 6) is -0.195. The third-order valence-electron chi connectivity index (χ3n) is 3.69. The van der Waals surface area contributed by atoms with E-state index in [1.807, 2.05) is 0 Å². The molecule has 0 aliphatic rings. The highest BCUT2D eigenvalue weighted by Crippen LogP contribution is 2.11. The summed E-state index contributed by atoms with van der Waals surface area (Å²) in [5, 5.41) is 0. The molecule has 0 heterocycles. The van der Waals surface area contributed by atoms with Gasteiger partial charge < -0.3 is 9.53 Å². The highest BCUT2D eigenvalue weighted by atomic mass is 16.5. The van der Waals surface area contributed by atoms with Crippen molar-refractivity contribution in [2.45, 2.75) is 97.3 Å². The van der Waals surface area contributed by atoms with Gasteiger partial charge in [0.15, 0.2) is 0 Å². The molecule has 0 spiro atoms. The Morgan fingerprint density at radius 3 is 1.67 bits per heavy atom. The lowest BCUT2D eigenvalue weighted by Crippen LogP contribution is -2.07. The third kappa shape index (κ3) is 17.1. The van der Waals surface area contributed by atoms with Crippen LogP contribution in [-0.2, 0) is 14.3 Å². The van der Waals surface area contributed by atoms with Crippen LogP contribution in [0.15, 0.2) is 0 Å². The Morgan fingerprint density at radius 2 is 1.19 bits per heavy atom. The highest BCUT2D eigenvalue weighted by molar-refractivity contribution is 5.80. The molecule has 0 atom stereocenters. The summed E-state index contributed by atoms with van der Waals surface area (Å²) in [7, 11) is 0. The molecule has 0 N–H and O–H groups in total. The summed E-state index contributed by atoms with van der Waals surface area (Å²) in [5.41, 5.74) is 0. The topological polar surface area (TPSA) is 43.4 Å². The van der Waals surface area contributed by atoms with Gasteiger partial charge in [0.05, 0.1) is 13.0 Å². The van der Waals surface area contributed by atoms with Crippen molar-refractivity contribution in [3.63, 3.8) is 0 Å². The van der Waals surface area contributed by atoms with Crippen LogP contribution in [-0.4, -0.2) is 18.4 Å². The van der Waals surface area contributed by atoms with Gasteiger partial charge in [-0.25, -0.2) is 0 Å². The summed E-state index contributed by atoms with van der Waals surface area (Å²) in [6.45, 7) is 4.26. The van der Waals surface area contributed by atoms with Gasteiger partial charge in [-0.3, -0.25) is 4.79 Å². The van der Waals surface area contributed by atoms with E-state index in [-0.39, 0.29) is 18.2 Å². The molecule has 0 amide bonds. The van der Waals surface area contributed by atoms with Gasteiger partial charge in [0.25, 0.3) is 0 Å². The van der Waals surface area contributed by atoms with Gasteiger partial charge in [-0.05, 0) is 13.3 Å². The average molecular weight is 298 g/mol. The van der Waals surface area contributed by atoms with E-state index in [0.29, 0.717) is 13.0 Å². The number of carbonyl (C=O) groups is 2. The number of ketones is 1. The van der Waals surface area contributed by atoms with Crippen molar-refractivity contribution >= 4 is 11.8 Å². The van der Waals surface area contributed by atoms with E-state index < -0.39 is 0 Å². The largest absolute Gasteiger partial charge is 0.466 e. The predicted octanol–water partition coefficient (Wildman–Crippen LogP) is 5.21. The van der Waals surface area contributed by atoms with Gasteiger partial charge in [-0.1, -0.05) is 71.1 Å². The number of ether oxygens (including phenoxy) is 1. The molecule has 3 nitrogen and oxygen atoms in total. The van der Waals surface area contributed by atoms with Crippen molar-refractivity contribution in [1.82, 2.24) is 0 Å². The van der Waals surface area contributed by atoms with Crippen LogP contribution in [0.1, 0.15) is 97.3 Å². The fourth-order valence-electron chi connectivity index (χ4n) is 2.30. The minimum absolute atomic E-state index is 0.0432. The molecule has 0 aliphatic carbocycles. The number of hydrogen-bond acceptors (Lipinski definition) is 3. The molecule has 0 radical (unpaired) electrons. The molecule has 124 valence electrons. The summed E-state index contributed by atoms with van der Waals surface area (Å²) in [6.07, 6.45) is 14.7. The Bertz CT molecular complexity index is 261. The van der Waals surface area contributed by atoms with Gasteiger partial charge >= 0.3 is 5.97 Å². The number of unbranched alkanes of at least 4 members (excludes halogenated alkanes) is 10. The zero-order valence-corrected chi connectivity index (χ0v) is 14.1. The second-order valence-electron chi connectivity index (χ2n) is 5.96. The number of rotatable bonds is 15. The first-order chi connectivity index (χ1) is 10.2. The van der Waals surface area contributed by atoms with E-state index in [1.165, 1.54) is 64.7 Å². The standard InChI is InChI=1S/C18H34O3/c1-3-4-5-6-7-8-9-10-11-12-13-16-21-18(20)15-14-17(2)19/h3-16H2,1-2H3. The van der Waals surface area contributed by atoms with E-state index in [9.17, 15) is 9.59 Å². The van der Waals surface area contributed by atoms with E-state index >= 15 is 0 Å². The molecule has 0 aromatic rings. The number of carbonyl (C=O) groups excluding carboxylic acids is 2. The Labute approximate surface area is 130 Å². The summed E-state index contributed by atoms with van der Waals surface area (Å²) < 4.78 is 5.08. The van der Waals surface area contributed by atoms with Crippen molar-refractivity contribution in [1.29, 1.82) is 0 Å². The molecule has 21 heavy (non-hydrogen) atoms. The zero-order chi connectivity index (χ0) is 15.8. The maximum atomic E-state index is 11.3. The van der Waals surface area contributed by atoms with E-state index in [1.54, 1.807) is 0 Å². The van der Waals surface area contributed by atoms with Crippen molar-refractivity contribution < 1.29 is 14.3 Å². The summed E-state index contributed by atoms with van der Waals surface area (Å²) in [6, 6.07) is 0. The van der Waals surface area contributed by atoms with Gasteiger partial charge in [0.2, 0.25) is 0 Å². The molecule has 3 heteroatoms. The predicted molar refractivity (Wildman–Crippen MR) is 87.3 cm³/mol. The first-order valence-corrected chi connectivity index (χ1v) is 8.82. The van der Waals surface area contributed by atoms with Gasteiger partial charge in [0.1, 0.15) is 5.78 Å². The average Bonchev–Trinajstić information content (AvgIpc) is 2.46. The molecule has 0 saturated heterocycles. The lowest BCUT2D eigenvalue weighted by atomic mass is 10.1. The van der Waals surface area contributed by atoms with Gasteiger partial charge in [-0.15, -0.1) is 0 Å². The van der Waals surface area contributed by atoms with Crippen LogP contribution in [0.25, 0.3) is 0 Å². The van der Waals surface area contributed by atoms with Crippen LogP contribution in [0.2, 0.25) is 0 Å². The normalized spacial score (nSPS) is 10.6. The third-order valence-corrected chi connectivity index (χ3v) is 3.69. The first kappa shape index (κ1) is 20.1. The van der Waals surface area contributed by atoms with E-state index in [2.05, 4.69) is 6.92 Å². The maximum Gasteiger partial charge on any atom is 0.306 e. The van der Waals surface area contributed by atoms with Gasteiger partial charge in [-0.2, -0.15) is 0 Å². The molecule has 0 aromatic carbocycles. The SMILES string of the molecule is CCCCCCCCCCCCCOC(=O)CCC(C)=O. The second kappa shape index (κ2) is 15.5. The Morgan fingerprint density at radius 1 is 0.714 bits per heavy atom. The quantitative estimate of drug-likeness (QED) is 0.308. The van der Waals surface area contributed by atoms with Crippen molar-refractivity contribution in [3.8, 4) is 0 Å². The van der Waals surface area contributed by atoms with Crippen LogP contribution < -0.4 is 0 Å².